The minimum atomic E-state index is 0.411. The van der Waals surface area contributed by atoms with E-state index in [4.69, 9.17) is 19.9 Å². The quantitative estimate of drug-likeness (QED) is 0.567. The number of hydrogen-bond acceptors (Lipinski definition) is 6. The molecule has 0 heterocycles. The van der Waals surface area contributed by atoms with E-state index in [2.05, 4.69) is 16.9 Å². The van der Waals surface area contributed by atoms with Gasteiger partial charge in [-0.3, -0.25) is 0 Å². The van der Waals surface area contributed by atoms with Crippen molar-refractivity contribution in [2.45, 2.75) is 13.3 Å². The maximum atomic E-state index is 5.60. The third kappa shape index (κ3) is 6.34. The molecule has 0 saturated carbocycles. The third-order valence-corrected chi connectivity index (χ3v) is 3.00. The topological polar surface area (TPSA) is 78.1 Å². The number of benzene rings is 1. The van der Waals surface area contributed by atoms with E-state index < -0.39 is 0 Å². The Balaban J connectivity index is 2.58. The van der Waals surface area contributed by atoms with Gasteiger partial charge >= 0.3 is 0 Å². The molecule has 0 unspecified atom stereocenters. The van der Waals surface area contributed by atoms with Crippen LogP contribution in [0, 0.1) is 0 Å². The van der Waals surface area contributed by atoms with Crippen molar-refractivity contribution in [2.75, 3.05) is 27.9 Å². The van der Waals surface area contributed by atoms with Crippen molar-refractivity contribution in [3.8, 4) is 11.5 Å². The SMILES string of the molecule is C=C(N=C(/C=C(/C)N)OC)NCCc1ccc(OC)c(OC)c1. The van der Waals surface area contributed by atoms with Crippen molar-refractivity contribution in [1.29, 1.82) is 0 Å². The van der Waals surface area contributed by atoms with Crippen LogP contribution in [-0.4, -0.2) is 33.8 Å². The summed E-state index contributed by atoms with van der Waals surface area (Å²) in [4.78, 5) is 4.22. The first-order valence-corrected chi connectivity index (χ1v) is 7.20. The lowest BCUT2D eigenvalue weighted by molar-refractivity contribution is 0.354. The summed E-state index contributed by atoms with van der Waals surface area (Å²) in [5, 5.41) is 3.13. The fourth-order valence-corrected chi connectivity index (χ4v) is 1.89. The number of ether oxygens (including phenoxy) is 3. The smallest absolute Gasteiger partial charge is 0.216 e. The van der Waals surface area contributed by atoms with Crippen LogP contribution in [0.25, 0.3) is 0 Å². The molecule has 126 valence electrons. The van der Waals surface area contributed by atoms with Crippen LogP contribution in [0.1, 0.15) is 12.5 Å². The Morgan fingerprint density at radius 2 is 1.96 bits per heavy atom. The van der Waals surface area contributed by atoms with E-state index in [-0.39, 0.29) is 0 Å². The number of allylic oxidation sites excluding steroid dienone is 1. The molecule has 0 atom stereocenters. The average molecular weight is 319 g/mol. The molecule has 0 amide bonds. The van der Waals surface area contributed by atoms with Gasteiger partial charge < -0.3 is 25.3 Å². The first kappa shape index (κ1) is 18.4. The molecule has 3 N–H and O–H groups in total. The predicted molar refractivity (Wildman–Crippen MR) is 92.8 cm³/mol. The number of methoxy groups -OCH3 is 3. The van der Waals surface area contributed by atoms with E-state index in [9.17, 15) is 0 Å². The second-order valence-corrected chi connectivity index (χ2v) is 4.86. The Kier molecular flexibility index (Phi) is 7.53. The number of aliphatic imine (C=N–C) groups is 1. The Bertz CT molecular complexity index is 591. The van der Waals surface area contributed by atoms with Gasteiger partial charge in [0, 0.05) is 18.3 Å². The van der Waals surface area contributed by atoms with E-state index in [0.29, 0.717) is 35.5 Å². The molecule has 1 aromatic carbocycles. The van der Waals surface area contributed by atoms with Crippen molar-refractivity contribution < 1.29 is 14.2 Å². The van der Waals surface area contributed by atoms with E-state index in [1.54, 1.807) is 27.2 Å². The van der Waals surface area contributed by atoms with Crippen LogP contribution in [0.15, 0.2) is 47.4 Å². The lowest BCUT2D eigenvalue weighted by atomic mass is 10.1. The molecule has 0 aliphatic heterocycles. The van der Waals surface area contributed by atoms with Gasteiger partial charge in [0.1, 0.15) is 5.82 Å². The molecular weight excluding hydrogens is 294 g/mol. The summed E-state index contributed by atoms with van der Waals surface area (Å²) >= 11 is 0. The zero-order valence-electron chi connectivity index (χ0n) is 14.2. The fourth-order valence-electron chi connectivity index (χ4n) is 1.89. The monoisotopic (exact) mass is 319 g/mol. The minimum absolute atomic E-state index is 0.411. The molecular formula is C17H25N3O3. The van der Waals surface area contributed by atoms with Crippen LogP contribution in [-0.2, 0) is 11.2 Å². The van der Waals surface area contributed by atoms with Crippen LogP contribution >= 0.6 is 0 Å². The van der Waals surface area contributed by atoms with Gasteiger partial charge in [-0.1, -0.05) is 12.6 Å². The first-order chi connectivity index (χ1) is 11.0. The number of rotatable bonds is 8. The van der Waals surface area contributed by atoms with Crippen molar-refractivity contribution in [3.63, 3.8) is 0 Å². The Morgan fingerprint density at radius 1 is 1.26 bits per heavy atom. The Hall–Kier alpha value is -2.63. The van der Waals surface area contributed by atoms with Gasteiger partial charge in [-0.2, -0.15) is 4.99 Å². The molecule has 6 nitrogen and oxygen atoms in total. The highest BCUT2D eigenvalue weighted by atomic mass is 16.5. The van der Waals surface area contributed by atoms with Gasteiger partial charge in [-0.15, -0.1) is 0 Å². The molecule has 1 aromatic rings. The molecule has 0 bridgehead atoms. The van der Waals surface area contributed by atoms with Crippen LogP contribution < -0.4 is 20.5 Å². The van der Waals surface area contributed by atoms with Gasteiger partial charge in [0.15, 0.2) is 11.5 Å². The highest BCUT2D eigenvalue weighted by Gasteiger charge is 2.04. The maximum absolute atomic E-state index is 5.60. The standard InChI is InChI=1S/C17H25N3O3/c1-12(18)10-17(23-5)20-13(2)19-9-8-14-6-7-15(21-3)16(11-14)22-4/h6-7,10-11,19H,2,8-9,18H2,1,3-5H3/b12-10-,20-17?. The maximum Gasteiger partial charge on any atom is 0.216 e. The number of nitrogens with zero attached hydrogens (tertiary/aromatic N) is 1. The summed E-state index contributed by atoms with van der Waals surface area (Å²) in [5.41, 5.74) is 7.34. The van der Waals surface area contributed by atoms with Crippen molar-refractivity contribution in [3.05, 3.63) is 47.9 Å². The van der Waals surface area contributed by atoms with E-state index in [1.165, 1.54) is 7.11 Å². The molecule has 1 rings (SSSR count). The Labute approximate surface area is 137 Å². The van der Waals surface area contributed by atoms with Gasteiger partial charge in [0.05, 0.1) is 21.3 Å². The van der Waals surface area contributed by atoms with E-state index in [0.717, 1.165) is 12.0 Å². The summed E-state index contributed by atoms with van der Waals surface area (Å²) in [6, 6.07) is 5.84. The molecule has 0 aliphatic carbocycles. The number of hydrogen-bond donors (Lipinski definition) is 2. The number of nitrogens with two attached hydrogens (primary N) is 1. The molecule has 0 aliphatic rings. The second-order valence-electron chi connectivity index (χ2n) is 4.86. The molecule has 6 heteroatoms. The molecule has 0 radical (unpaired) electrons. The van der Waals surface area contributed by atoms with Crippen molar-refractivity contribution in [2.24, 2.45) is 10.7 Å². The minimum Gasteiger partial charge on any atom is -0.493 e. The van der Waals surface area contributed by atoms with Crippen LogP contribution in [0.5, 0.6) is 11.5 Å². The van der Waals surface area contributed by atoms with Crippen LogP contribution in [0.4, 0.5) is 0 Å². The first-order valence-electron chi connectivity index (χ1n) is 7.20. The van der Waals surface area contributed by atoms with Gasteiger partial charge in [0.2, 0.25) is 5.90 Å². The fraction of sp³-hybridized carbons (Fsp3) is 0.353. The summed E-state index contributed by atoms with van der Waals surface area (Å²) in [6.07, 6.45) is 2.43. The second kappa shape index (κ2) is 9.40. The highest BCUT2D eigenvalue weighted by molar-refractivity contribution is 5.88. The number of nitrogens with one attached hydrogen (secondary N) is 1. The van der Waals surface area contributed by atoms with Crippen molar-refractivity contribution in [1.82, 2.24) is 5.32 Å². The lowest BCUT2D eigenvalue weighted by Crippen LogP contribution is -2.16. The molecule has 0 saturated heterocycles. The van der Waals surface area contributed by atoms with Gasteiger partial charge in [0.25, 0.3) is 0 Å². The largest absolute Gasteiger partial charge is 0.493 e. The molecule has 0 aromatic heterocycles. The molecule has 23 heavy (non-hydrogen) atoms. The molecule has 0 fully saturated rings. The predicted octanol–water partition coefficient (Wildman–Crippen LogP) is 2.21. The van der Waals surface area contributed by atoms with Crippen LogP contribution in [0.3, 0.4) is 0 Å². The zero-order chi connectivity index (χ0) is 17.2. The summed E-state index contributed by atoms with van der Waals surface area (Å²) in [5.74, 6) is 2.35. The normalized spacial score (nSPS) is 11.8. The summed E-state index contributed by atoms with van der Waals surface area (Å²) in [7, 11) is 4.77. The van der Waals surface area contributed by atoms with Gasteiger partial charge in [-0.05, 0) is 31.0 Å². The summed E-state index contributed by atoms with van der Waals surface area (Å²) in [6.45, 7) is 6.30. The summed E-state index contributed by atoms with van der Waals surface area (Å²) < 4.78 is 15.6. The Morgan fingerprint density at radius 3 is 2.52 bits per heavy atom. The zero-order valence-corrected chi connectivity index (χ0v) is 14.2. The molecule has 0 spiro atoms. The van der Waals surface area contributed by atoms with Crippen molar-refractivity contribution >= 4 is 5.90 Å². The third-order valence-electron chi connectivity index (χ3n) is 3.00. The lowest BCUT2D eigenvalue weighted by Gasteiger charge is -2.10. The van der Waals surface area contributed by atoms with E-state index in [1.807, 2.05) is 18.2 Å². The van der Waals surface area contributed by atoms with Crippen LogP contribution in [0.2, 0.25) is 0 Å². The van der Waals surface area contributed by atoms with Gasteiger partial charge in [-0.25, -0.2) is 0 Å². The average Bonchev–Trinajstić information content (AvgIpc) is 2.53. The highest BCUT2D eigenvalue weighted by Crippen LogP contribution is 2.27. The van der Waals surface area contributed by atoms with E-state index >= 15 is 0 Å².